The highest BCUT2D eigenvalue weighted by Gasteiger charge is 2.34. The van der Waals surface area contributed by atoms with Gasteiger partial charge in [0.15, 0.2) is 0 Å². The predicted octanol–water partition coefficient (Wildman–Crippen LogP) is -0.161. The lowest BCUT2D eigenvalue weighted by Gasteiger charge is -2.34. The number of ether oxygens (including phenoxy) is 3. The lowest BCUT2D eigenvalue weighted by Crippen LogP contribution is -2.58. The van der Waals surface area contributed by atoms with E-state index in [2.05, 4.69) is 33.2 Å². The van der Waals surface area contributed by atoms with Gasteiger partial charge in [-0.05, 0) is 70.9 Å². The second kappa shape index (κ2) is 37.0. The first-order chi connectivity index (χ1) is 30.0. The van der Waals surface area contributed by atoms with Crippen LogP contribution in [0, 0.1) is 0 Å². The SMILES string of the molecule is C=C(CCCCCCCCC(=O)NC(COCCC(=O)NCCCN)(COCCC(=O)NCCCN)COCCC(=O)NCCCNC(=O)CCCCO)N1C[C@H](O)C[C@H]1CO. The Labute approximate surface area is 369 Å². The van der Waals surface area contributed by atoms with Crippen LogP contribution in [-0.4, -0.2) is 166 Å². The predicted molar refractivity (Wildman–Crippen MR) is 236 cm³/mol. The first-order valence-electron chi connectivity index (χ1n) is 22.8. The van der Waals surface area contributed by atoms with E-state index in [4.69, 9.17) is 30.8 Å². The summed E-state index contributed by atoms with van der Waals surface area (Å²) in [5.41, 5.74) is 10.8. The molecule has 0 unspecified atom stereocenters. The zero-order valence-corrected chi connectivity index (χ0v) is 37.4. The molecule has 0 saturated carbocycles. The van der Waals surface area contributed by atoms with Crippen molar-refractivity contribution in [2.45, 2.75) is 133 Å². The fourth-order valence-corrected chi connectivity index (χ4v) is 6.76. The third kappa shape index (κ3) is 29.0. The van der Waals surface area contributed by atoms with Crippen molar-refractivity contribution in [3.8, 4) is 0 Å². The molecular weight excluding hydrogens is 805 g/mol. The summed E-state index contributed by atoms with van der Waals surface area (Å²) in [6.45, 7) is 7.31. The van der Waals surface area contributed by atoms with Crippen LogP contribution in [0.4, 0.5) is 0 Å². The maximum Gasteiger partial charge on any atom is 0.222 e. The van der Waals surface area contributed by atoms with Crippen molar-refractivity contribution in [2.75, 3.05) is 98.7 Å². The van der Waals surface area contributed by atoms with Crippen LogP contribution in [0.1, 0.15) is 116 Å². The quantitative estimate of drug-likeness (QED) is 0.0357. The van der Waals surface area contributed by atoms with Crippen LogP contribution >= 0.6 is 0 Å². The average Bonchev–Trinajstić information content (AvgIpc) is 3.64. The molecule has 5 amide bonds. The highest BCUT2D eigenvalue weighted by atomic mass is 16.5. The van der Waals surface area contributed by atoms with Gasteiger partial charge in [-0.1, -0.05) is 32.3 Å². The van der Waals surface area contributed by atoms with Crippen molar-refractivity contribution in [1.82, 2.24) is 31.5 Å². The molecule has 2 atom stereocenters. The highest BCUT2D eigenvalue weighted by molar-refractivity contribution is 5.78. The normalized spacial score (nSPS) is 15.0. The summed E-state index contributed by atoms with van der Waals surface area (Å²) in [6, 6.07) is -0.0760. The summed E-state index contributed by atoms with van der Waals surface area (Å²) in [5.74, 6) is -0.962. The Morgan fingerprint density at radius 1 is 0.581 bits per heavy atom. The van der Waals surface area contributed by atoms with E-state index >= 15 is 0 Å². The first kappa shape index (κ1) is 56.6. The molecule has 0 spiro atoms. The topological polar surface area (TPSA) is 289 Å². The summed E-state index contributed by atoms with van der Waals surface area (Å²) in [4.78, 5) is 64.6. The van der Waals surface area contributed by atoms with Gasteiger partial charge in [-0.2, -0.15) is 0 Å². The van der Waals surface area contributed by atoms with Gasteiger partial charge in [0.25, 0.3) is 0 Å². The average molecular weight is 887 g/mol. The van der Waals surface area contributed by atoms with Gasteiger partial charge in [-0.15, -0.1) is 0 Å². The van der Waals surface area contributed by atoms with Crippen LogP contribution in [0.2, 0.25) is 0 Å². The van der Waals surface area contributed by atoms with Crippen molar-refractivity contribution >= 4 is 29.5 Å². The number of carbonyl (C=O) groups excluding carboxylic acids is 5. The number of carbonyl (C=O) groups is 5. The number of unbranched alkanes of at least 4 members (excludes halogenated alkanes) is 6. The van der Waals surface area contributed by atoms with Crippen LogP contribution in [0.3, 0.4) is 0 Å². The Balaban J connectivity index is 2.77. The lowest BCUT2D eigenvalue weighted by atomic mass is 10.0. The molecule has 62 heavy (non-hydrogen) atoms. The van der Waals surface area contributed by atoms with Gasteiger partial charge in [0.2, 0.25) is 29.5 Å². The molecule has 0 aliphatic carbocycles. The molecule has 0 aromatic carbocycles. The Morgan fingerprint density at radius 3 is 1.47 bits per heavy atom. The van der Waals surface area contributed by atoms with Gasteiger partial charge >= 0.3 is 0 Å². The Bertz CT molecular complexity index is 1220. The summed E-state index contributed by atoms with van der Waals surface area (Å²) in [7, 11) is 0. The molecule has 0 aromatic rings. The summed E-state index contributed by atoms with van der Waals surface area (Å²) < 4.78 is 17.9. The van der Waals surface area contributed by atoms with E-state index in [1.807, 2.05) is 4.90 Å². The molecule has 1 heterocycles. The largest absolute Gasteiger partial charge is 0.396 e. The molecule has 1 fully saturated rings. The number of β-amino-alcohol motifs (C(OH)–C–C–N with tert-alkyl or cyclic N) is 1. The van der Waals surface area contributed by atoms with E-state index in [0.717, 1.165) is 44.2 Å². The van der Waals surface area contributed by atoms with E-state index in [0.29, 0.717) is 97.2 Å². The van der Waals surface area contributed by atoms with Crippen molar-refractivity contribution < 1.29 is 53.5 Å². The summed E-state index contributed by atoms with van der Waals surface area (Å²) >= 11 is 0. The van der Waals surface area contributed by atoms with Crippen molar-refractivity contribution in [2.24, 2.45) is 11.5 Å². The standard InChI is InChI=1S/C43H82N8O11/c1-35(51-30-37(54)29-36(51)31-53)13-6-4-2-3-5-7-15-42(59)50-43(32-60-26-16-39(56)46-21-10-19-44,33-61-27-17-40(57)47-22-11-20-45)34-62-28-18-41(58)49-24-12-23-48-38(55)14-8-9-25-52/h36-37,52-54H,1-34,44-45H2,(H,46,56)(H,47,57)(H,48,55)(H,49,58)(H,50,59)/t36-,37+/m0/s1. The number of nitrogens with two attached hydrogens (primary N) is 2. The number of hydrogen-bond acceptors (Lipinski definition) is 14. The Hall–Kier alpha value is -3.43. The minimum atomic E-state index is -1.20. The van der Waals surface area contributed by atoms with Crippen LogP contribution in [0.5, 0.6) is 0 Å². The van der Waals surface area contributed by atoms with Gasteiger partial charge in [-0.3, -0.25) is 24.0 Å². The number of nitrogens with one attached hydrogen (secondary N) is 5. The second-order valence-corrected chi connectivity index (χ2v) is 16.0. The van der Waals surface area contributed by atoms with Gasteiger partial charge in [0, 0.05) is 77.1 Å². The van der Waals surface area contributed by atoms with E-state index < -0.39 is 11.6 Å². The number of likely N-dealkylation sites (tertiary alicyclic amines) is 1. The van der Waals surface area contributed by atoms with Crippen molar-refractivity contribution in [3.63, 3.8) is 0 Å². The summed E-state index contributed by atoms with van der Waals surface area (Å²) in [5, 5.41) is 42.7. The monoisotopic (exact) mass is 887 g/mol. The minimum absolute atomic E-state index is 0.000230. The van der Waals surface area contributed by atoms with Crippen LogP contribution in [-0.2, 0) is 38.2 Å². The number of rotatable bonds is 41. The highest BCUT2D eigenvalue weighted by Crippen LogP contribution is 2.25. The van der Waals surface area contributed by atoms with E-state index in [9.17, 15) is 34.2 Å². The Morgan fingerprint density at radius 2 is 1.00 bits per heavy atom. The smallest absolute Gasteiger partial charge is 0.222 e. The van der Waals surface area contributed by atoms with Crippen molar-refractivity contribution in [3.05, 3.63) is 12.3 Å². The lowest BCUT2D eigenvalue weighted by molar-refractivity contribution is -0.130. The molecule has 0 radical (unpaired) electrons. The molecule has 12 N–H and O–H groups in total. The number of hydrogen-bond donors (Lipinski definition) is 10. The molecule has 1 rings (SSSR count). The molecule has 1 aliphatic rings. The fraction of sp³-hybridized carbons (Fsp3) is 0.837. The van der Waals surface area contributed by atoms with Crippen molar-refractivity contribution in [1.29, 1.82) is 0 Å². The fourth-order valence-electron chi connectivity index (χ4n) is 6.76. The van der Waals surface area contributed by atoms with Gasteiger partial charge in [0.05, 0.1) is 58.4 Å². The molecule has 360 valence electrons. The van der Waals surface area contributed by atoms with E-state index in [1.165, 1.54) is 0 Å². The number of aliphatic hydroxyl groups is 3. The van der Waals surface area contributed by atoms with Crippen LogP contribution in [0.25, 0.3) is 0 Å². The number of aliphatic hydroxyl groups excluding tert-OH is 3. The molecule has 0 bridgehead atoms. The van der Waals surface area contributed by atoms with E-state index in [-0.39, 0.29) is 114 Å². The molecule has 19 nitrogen and oxygen atoms in total. The minimum Gasteiger partial charge on any atom is -0.396 e. The Kier molecular flexibility index (Phi) is 33.8. The summed E-state index contributed by atoms with van der Waals surface area (Å²) in [6.07, 6.45) is 10.2. The van der Waals surface area contributed by atoms with E-state index in [1.54, 1.807) is 0 Å². The van der Waals surface area contributed by atoms with Crippen LogP contribution < -0.4 is 38.1 Å². The molecular formula is C43H82N8O11. The zero-order chi connectivity index (χ0) is 45.7. The maximum absolute atomic E-state index is 13.5. The van der Waals surface area contributed by atoms with Gasteiger partial charge in [0.1, 0.15) is 5.54 Å². The molecule has 19 heteroatoms. The first-order valence-corrected chi connectivity index (χ1v) is 22.8. The molecule has 1 aliphatic heterocycles. The molecule has 0 aromatic heterocycles. The third-order valence-corrected chi connectivity index (χ3v) is 10.3. The molecule has 1 saturated heterocycles. The maximum atomic E-state index is 13.5. The van der Waals surface area contributed by atoms with Gasteiger partial charge < -0.3 is 72.5 Å². The second-order valence-electron chi connectivity index (χ2n) is 16.0. The van der Waals surface area contributed by atoms with Gasteiger partial charge in [-0.25, -0.2) is 0 Å². The third-order valence-electron chi connectivity index (χ3n) is 10.3. The number of nitrogens with zero attached hydrogens (tertiary/aromatic N) is 1. The van der Waals surface area contributed by atoms with Crippen LogP contribution in [0.15, 0.2) is 12.3 Å². The zero-order valence-electron chi connectivity index (χ0n) is 37.4. The number of amides is 5. The number of allylic oxidation sites excluding steroid dienone is 1.